The smallest absolute Gasteiger partial charge is 0.253 e. The van der Waals surface area contributed by atoms with Gasteiger partial charge in [0.1, 0.15) is 23.4 Å². The van der Waals surface area contributed by atoms with Crippen LogP contribution in [0.3, 0.4) is 0 Å². The average molecular weight is 500 g/mol. The normalized spacial score (nSPS) is 17.3. The van der Waals surface area contributed by atoms with Gasteiger partial charge in [-0.2, -0.15) is 5.10 Å². The molecule has 9 heteroatoms. The molecule has 6 rings (SSSR count). The van der Waals surface area contributed by atoms with Crippen LogP contribution in [0.5, 0.6) is 5.75 Å². The van der Waals surface area contributed by atoms with Crippen LogP contribution in [0, 0.1) is 0 Å². The van der Waals surface area contributed by atoms with Crippen LogP contribution in [-0.4, -0.2) is 44.3 Å². The third-order valence-corrected chi connectivity index (χ3v) is 7.31. The molecule has 1 saturated carbocycles. The number of hydrogen-bond donors (Lipinski definition) is 0. The highest BCUT2D eigenvalue weighted by molar-refractivity contribution is 7.99. The molecule has 2 aromatic heterocycles. The molecule has 1 aliphatic carbocycles. The highest BCUT2D eigenvalue weighted by Gasteiger charge is 2.35. The number of ether oxygens (including phenoxy) is 1. The van der Waals surface area contributed by atoms with E-state index >= 15 is 0 Å². The first kappa shape index (κ1) is 22.6. The fourth-order valence-electron chi connectivity index (χ4n) is 4.39. The number of hydrazone groups is 1. The van der Waals surface area contributed by atoms with Gasteiger partial charge in [-0.3, -0.25) is 9.36 Å². The van der Waals surface area contributed by atoms with E-state index in [4.69, 9.17) is 14.3 Å². The molecule has 2 aromatic carbocycles. The third kappa shape index (κ3) is 4.42. The molecule has 0 radical (unpaired) electrons. The Labute approximate surface area is 213 Å². The zero-order chi connectivity index (χ0) is 24.5. The van der Waals surface area contributed by atoms with Crippen LogP contribution in [0.2, 0.25) is 0 Å². The van der Waals surface area contributed by atoms with Crippen molar-refractivity contribution in [2.45, 2.75) is 36.4 Å². The van der Waals surface area contributed by atoms with Crippen LogP contribution in [0.1, 0.15) is 48.4 Å². The van der Waals surface area contributed by atoms with Gasteiger partial charge < -0.3 is 9.15 Å². The number of thioether (sulfide) groups is 1. The van der Waals surface area contributed by atoms with Crippen molar-refractivity contribution in [3.05, 3.63) is 90.1 Å². The number of benzene rings is 2. The van der Waals surface area contributed by atoms with E-state index in [1.165, 1.54) is 11.8 Å². The number of carbonyl (C=O) groups is 1. The van der Waals surface area contributed by atoms with Crippen molar-refractivity contribution in [1.82, 2.24) is 19.8 Å². The van der Waals surface area contributed by atoms with E-state index in [9.17, 15) is 4.79 Å². The van der Waals surface area contributed by atoms with Gasteiger partial charge in [0.15, 0.2) is 5.16 Å². The highest BCUT2D eigenvalue weighted by atomic mass is 32.2. The van der Waals surface area contributed by atoms with Crippen LogP contribution < -0.4 is 4.74 Å². The quantitative estimate of drug-likeness (QED) is 0.309. The van der Waals surface area contributed by atoms with Gasteiger partial charge in [0.2, 0.25) is 0 Å². The molecular weight excluding hydrogens is 474 g/mol. The SMILES string of the molecule is COc1ccc(C2=NN(C(=O)CSc3nnc(C4CC4)n3-c3ccccc3)[C@@H](c3ccco3)C2)cc1. The number of aromatic nitrogens is 3. The number of hydrogen-bond acceptors (Lipinski definition) is 7. The van der Waals surface area contributed by atoms with Crippen molar-refractivity contribution < 1.29 is 13.9 Å². The van der Waals surface area contributed by atoms with Gasteiger partial charge in [0.25, 0.3) is 5.91 Å². The molecule has 1 aliphatic heterocycles. The third-order valence-electron chi connectivity index (χ3n) is 6.40. The van der Waals surface area contributed by atoms with Crippen molar-refractivity contribution >= 4 is 23.4 Å². The van der Waals surface area contributed by atoms with E-state index in [1.54, 1.807) is 18.4 Å². The van der Waals surface area contributed by atoms with Crippen molar-refractivity contribution in [2.24, 2.45) is 5.10 Å². The highest BCUT2D eigenvalue weighted by Crippen LogP contribution is 2.41. The molecule has 4 aromatic rings. The van der Waals surface area contributed by atoms with E-state index in [2.05, 4.69) is 14.8 Å². The van der Waals surface area contributed by atoms with E-state index in [0.29, 0.717) is 23.3 Å². The molecule has 2 aliphatic rings. The molecule has 1 amide bonds. The van der Waals surface area contributed by atoms with Gasteiger partial charge in [-0.1, -0.05) is 30.0 Å². The second-order valence-corrected chi connectivity index (χ2v) is 9.77. The summed E-state index contributed by atoms with van der Waals surface area (Å²) in [4.78, 5) is 13.5. The minimum Gasteiger partial charge on any atom is -0.497 e. The summed E-state index contributed by atoms with van der Waals surface area (Å²) in [6.45, 7) is 0. The van der Waals surface area contributed by atoms with E-state index < -0.39 is 0 Å². The fraction of sp³-hybridized carbons (Fsp3) is 0.259. The number of carbonyl (C=O) groups excluding carboxylic acids is 1. The predicted octanol–water partition coefficient (Wildman–Crippen LogP) is 5.22. The van der Waals surface area contributed by atoms with Gasteiger partial charge >= 0.3 is 0 Å². The zero-order valence-electron chi connectivity index (χ0n) is 19.8. The maximum atomic E-state index is 13.5. The molecule has 36 heavy (non-hydrogen) atoms. The van der Waals surface area contributed by atoms with Crippen molar-refractivity contribution in [1.29, 1.82) is 0 Å². The summed E-state index contributed by atoms with van der Waals surface area (Å²) >= 11 is 1.39. The van der Waals surface area contributed by atoms with Crippen LogP contribution in [0.15, 0.2) is 87.7 Å². The van der Waals surface area contributed by atoms with Crippen molar-refractivity contribution in [2.75, 3.05) is 12.9 Å². The number of para-hydroxylation sites is 1. The Bertz CT molecular complexity index is 1380. The molecule has 0 bridgehead atoms. The largest absolute Gasteiger partial charge is 0.497 e. The topological polar surface area (TPSA) is 85.8 Å². The lowest BCUT2D eigenvalue weighted by atomic mass is 10.0. The number of amides is 1. The van der Waals surface area contributed by atoms with Crippen LogP contribution in [-0.2, 0) is 4.79 Å². The monoisotopic (exact) mass is 499 g/mol. The standard InChI is InChI=1S/C27H25N5O3S/c1-34-21-13-11-18(12-14-21)22-16-23(24-8-5-15-35-24)32(30-22)25(33)17-36-27-29-28-26(19-9-10-19)31(27)20-6-3-2-4-7-20/h2-8,11-15,19,23H,9-10,16-17H2,1H3/t23-/m1/s1. The molecular formula is C27H25N5O3S. The van der Waals surface area contributed by atoms with Gasteiger partial charge in [0.05, 0.1) is 24.8 Å². The van der Waals surface area contributed by atoms with E-state index in [-0.39, 0.29) is 17.7 Å². The Kier molecular flexibility index (Phi) is 6.06. The van der Waals surface area contributed by atoms with E-state index in [1.807, 2.05) is 66.7 Å². The summed E-state index contributed by atoms with van der Waals surface area (Å²) in [7, 11) is 1.64. The first-order chi connectivity index (χ1) is 17.7. The second-order valence-electron chi connectivity index (χ2n) is 8.82. The minimum atomic E-state index is -0.292. The first-order valence-electron chi connectivity index (χ1n) is 11.9. The zero-order valence-corrected chi connectivity index (χ0v) is 20.6. The van der Waals surface area contributed by atoms with Crippen LogP contribution in [0.4, 0.5) is 0 Å². The van der Waals surface area contributed by atoms with Gasteiger partial charge in [0, 0.05) is 18.0 Å². The second kappa shape index (κ2) is 9.66. The van der Waals surface area contributed by atoms with Gasteiger partial charge in [-0.05, 0) is 66.9 Å². The Hall–Kier alpha value is -3.85. The lowest BCUT2D eigenvalue weighted by Crippen LogP contribution is -2.28. The Morgan fingerprint density at radius 1 is 1.06 bits per heavy atom. The molecule has 182 valence electrons. The Balaban J connectivity index is 1.25. The molecule has 0 saturated heterocycles. The maximum Gasteiger partial charge on any atom is 0.253 e. The molecule has 0 spiro atoms. The summed E-state index contributed by atoms with van der Waals surface area (Å²) in [6, 6.07) is 21.2. The lowest BCUT2D eigenvalue weighted by molar-refractivity contribution is -0.130. The molecule has 1 fully saturated rings. The Morgan fingerprint density at radius 2 is 1.86 bits per heavy atom. The minimum absolute atomic E-state index is 0.111. The fourth-order valence-corrected chi connectivity index (χ4v) is 5.20. The maximum absolute atomic E-state index is 13.5. The molecule has 3 heterocycles. The first-order valence-corrected chi connectivity index (χ1v) is 12.9. The summed E-state index contributed by atoms with van der Waals surface area (Å²) in [5.74, 6) is 2.96. The molecule has 1 atom stereocenters. The van der Waals surface area contributed by atoms with E-state index in [0.717, 1.165) is 41.4 Å². The molecule has 0 unspecified atom stereocenters. The lowest BCUT2D eigenvalue weighted by Gasteiger charge is -2.19. The van der Waals surface area contributed by atoms with Gasteiger partial charge in [-0.25, -0.2) is 5.01 Å². The van der Waals surface area contributed by atoms with Crippen LogP contribution >= 0.6 is 11.8 Å². The number of methoxy groups -OCH3 is 1. The molecule has 8 nitrogen and oxygen atoms in total. The predicted molar refractivity (Wildman–Crippen MR) is 137 cm³/mol. The summed E-state index contributed by atoms with van der Waals surface area (Å²) in [6.07, 6.45) is 4.44. The average Bonchev–Trinajstić information content (AvgIpc) is 3.30. The Morgan fingerprint density at radius 3 is 2.56 bits per heavy atom. The summed E-state index contributed by atoms with van der Waals surface area (Å²) in [5, 5.41) is 15.9. The van der Waals surface area contributed by atoms with Crippen LogP contribution in [0.25, 0.3) is 5.69 Å². The number of nitrogens with zero attached hydrogens (tertiary/aromatic N) is 5. The van der Waals surface area contributed by atoms with Crippen molar-refractivity contribution in [3.63, 3.8) is 0 Å². The summed E-state index contributed by atoms with van der Waals surface area (Å²) < 4.78 is 13.0. The molecule has 0 N–H and O–H groups in total. The summed E-state index contributed by atoms with van der Waals surface area (Å²) in [5.41, 5.74) is 2.79. The van der Waals surface area contributed by atoms with Crippen molar-refractivity contribution in [3.8, 4) is 11.4 Å². The number of rotatable bonds is 8. The van der Waals surface area contributed by atoms with Gasteiger partial charge in [-0.15, -0.1) is 10.2 Å². The number of furan rings is 1.